The number of nitrogens with two attached hydrogens (primary N) is 1. The summed E-state index contributed by atoms with van der Waals surface area (Å²) in [6, 6.07) is 0. The van der Waals surface area contributed by atoms with E-state index in [9.17, 15) is 13.6 Å². The average molecular weight is 251 g/mol. The second-order valence-corrected chi connectivity index (χ2v) is 3.18. The summed E-state index contributed by atoms with van der Waals surface area (Å²) in [6.45, 7) is 1.75. The second kappa shape index (κ2) is 5.07. The van der Waals surface area contributed by atoms with Crippen molar-refractivity contribution >= 4 is 23.3 Å². The Bertz CT molecular complexity index is 413. The molecule has 1 heterocycles. The lowest BCUT2D eigenvalue weighted by molar-refractivity contribution is 0.0525. The molecule has 0 aliphatic carbocycles. The van der Waals surface area contributed by atoms with Gasteiger partial charge in [-0.3, -0.25) is 4.98 Å². The lowest BCUT2D eigenvalue weighted by Gasteiger charge is -2.09. The van der Waals surface area contributed by atoms with Crippen LogP contribution in [-0.4, -0.2) is 17.6 Å². The molecule has 0 unspecified atom stereocenters. The third-order valence-electron chi connectivity index (χ3n) is 1.78. The molecule has 2 N–H and O–H groups in total. The van der Waals surface area contributed by atoms with E-state index < -0.39 is 23.8 Å². The fourth-order valence-electron chi connectivity index (χ4n) is 1.04. The van der Waals surface area contributed by atoms with Crippen molar-refractivity contribution < 1.29 is 18.3 Å². The minimum absolute atomic E-state index is 0.120. The van der Waals surface area contributed by atoms with Crippen LogP contribution in [0, 0.1) is 0 Å². The van der Waals surface area contributed by atoms with E-state index in [-0.39, 0.29) is 17.2 Å². The van der Waals surface area contributed by atoms with Crippen LogP contribution in [0.2, 0.25) is 5.02 Å². The van der Waals surface area contributed by atoms with Crippen LogP contribution in [0.1, 0.15) is 29.4 Å². The molecule has 0 bridgehead atoms. The van der Waals surface area contributed by atoms with Gasteiger partial charge in [0.25, 0.3) is 6.43 Å². The van der Waals surface area contributed by atoms with E-state index in [1.54, 1.807) is 6.92 Å². The number of esters is 1. The summed E-state index contributed by atoms with van der Waals surface area (Å²) in [7, 11) is 0. The number of hydrogen-bond acceptors (Lipinski definition) is 4. The van der Waals surface area contributed by atoms with Crippen molar-refractivity contribution in [3.8, 4) is 0 Å². The number of hydrogen-bond donors (Lipinski definition) is 1. The van der Waals surface area contributed by atoms with Gasteiger partial charge >= 0.3 is 5.97 Å². The number of carbonyl (C=O) groups excluding carboxylic acids is 1. The number of alkyl halides is 2. The first-order valence-corrected chi connectivity index (χ1v) is 4.76. The predicted molar refractivity (Wildman–Crippen MR) is 54.6 cm³/mol. The normalized spacial score (nSPS) is 10.6. The summed E-state index contributed by atoms with van der Waals surface area (Å²) in [5.41, 5.74) is 4.17. The minimum Gasteiger partial charge on any atom is -0.462 e. The van der Waals surface area contributed by atoms with Crippen LogP contribution in [0.3, 0.4) is 0 Å². The minimum atomic E-state index is -2.84. The van der Waals surface area contributed by atoms with Gasteiger partial charge in [-0.25, -0.2) is 13.6 Å². The highest BCUT2D eigenvalue weighted by Crippen LogP contribution is 2.31. The average Bonchev–Trinajstić information content (AvgIpc) is 2.21. The van der Waals surface area contributed by atoms with Crippen molar-refractivity contribution in [2.24, 2.45) is 0 Å². The number of aromatic nitrogens is 1. The standard InChI is InChI=1S/C9H9ClF2N2O2/c1-2-16-9(15)4-3-14-7(8(11)12)6(13)5(4)10/h3,8H,2,13H2,1H3. The number of nitrogen functional groups attached to an aromatic ring is 1. The van der Waals surface area contributed by atoms with Gasteiger partial charge in [0.1, 0.15) is 5.69 Å². The van der Waals surface area contributed by atoms with Gasteiger partial charge in [-0.2, -0.15) is 0 Å². The lowest BCUT2D eigenvalue weighted by Crippen LogP contribution is -2.09. The van der Waals surface area contributed by atoms with Crippen LogP contribution >= 0.6 is 11.6 Å². The molecule has 0 radical (unpaired) electrons. The van der Waals surface area contributed by atoms with E-state index in [2.05, 4.69) is 9.72 Å². The summed E-state index contributed by atoms with van der Waals surface area (Å²) in [6.07, 6.45) is -1.91. The Labute approximate surface area is 95.4 Å². The van der Waals surface area contributed by atoms with Crippen LogP contribution in [0.15, 0.2) is 6.20 Å². The maximum atomic E-state index is 12.4. The SMILES string of the molecule is CCOC(=O)c1cnc(C(F)F)c(N)c1Cl. The first-order valence-electron chi connectivity index (χ1n) is 4.38. The molecule has 1 aromatic rings. The Morgan fingerprint density at radius 2 is 2.31 bits per heavy atom. The van der Waals surface area contributed by atoms with Gasteiger partial charge in [0.2, 0.25) is 0 Å². The maximum Gasteiger partial charge on any atom is 0.341 e. The monoisotopic (exact) mass is 250 g/mol. The zero-order valence-corrected chi connectivity index (χ0v) is 9.09. The summed E-state index contributed by atoms with van der Waals surface area (Å²) in [5.74, 6) is -0.743. The van der Waals surface area contributed by atoms with Gasteiger partial charge in [-0.05, 0) is 6.92 Å². The molecule has 16 heavy (non-hydrogen) atoms. The van der Waals surface area contributed by atoms with Crippen molar-refractivity contribution in [3.05, 3.63) is 22.5 Å². The molecule has 0 atom stereocenters. The number of rotatable bonds is 3. The van der Waals surface area contributed by atoms with Crippen molar-refractivity contribution in [2.45, 2.75) is 13.3 Å². The number of nitrogens with zero attached hydrogens (tertiary/aromatic N) is 1. The van der Waals surface area contributed by atoms with Crippen LogP contribution in [0.5, 0.6) is 0 Å². The van der Waals surface area contributed by atoms with Crippen LogP contribution in [0.4, 0.5) is 14.5 Å². The molecule has 0 saturated carbocycles. The second-order valence-electron chi connectivity index (χ2n) is 2.81. The molecule has 0 spiro atoms. The Balaban J connectivity index is 3.16. The number of anilines is 1. The van der Waals surface area contributed by atoms with Gasteiger partial charge < -0.3 is 10.5 Å². The fourth-order valence-corrected chi connectivity index (χ4v) is 1.27. The van der Waals surface area contributed by atoms with Gasteiger partial charge in [0.15, 0.2) is 0 Å². The number of carbonyl (C=O) groups is 1. The lowest BCUT2D eigenvalue weighted by atomic mass is 10.2. The molecule has 0 amide bonds. The Hall–Kier alpha value is -1.43. The van der Waals surface area contributed by atoms with Crippen LogP contribution < -0.4 is 5.73 Å². The Morgan fingerprint density at radius 3 is 2.81 bits per heavy atom. The molecule has 88 valence electrons. The number of halogens is 3. The van der Waals surface area contributed by atoms with Crippen molar-refractivity contribution in [1.29, 1.82) is 0 Å². The molecule has 1 rings (SSSR count). The summed E-state index contributed by atoms with van der Waals surface area (Å²) in [5, 5.41) is -0.260. The molecule has 0 aromatic carbocycles. The summed E-state index contributed by atoms with van der Waals surface area (Å²) < 4.78 is 29.4. The first kappa shape index (κ1) is 12.6. The van der Waals surface area contributed by atoms with E-state index in [0.717, 1.165) is 6.20 Å². The van der Waals surface area contributed by atoms with Gasteiger partial charge in [0, 0.05) is 6.20 Å². The molecule has 0 saturated heterocycles. The fraction of sp³-hybridized carbons (Fsp3) is 0.333. The highest BCUT2D eigenvalue weighted by atomic mass is 35.5. The summed E-state index contributed by atoms with van der Waals surface area (Å²) in [4.78, 5) is 14.7. The quantitative estimate of drug-likeness (QED) is 0.837. The largest absolute Gasteiger partial charge is 0.462 e. The molecule has 0 aliphatic heterocycles. The first-order chi connectivity index (χ1) is 7.49. The smallest absolute Gasteiger partial charge is 0.341 e. The van der Waals surface area contributed by atoms with E-state index in [1.165, 1.54) is 0 Å². The molecule has 0 fully saturated rings. The molecule has 1 aromatic heterocycles. The number of pyridine rings is 1. The third kappa shape index (κ3) is 2.38. The highest BCUT2D eigenvalue weighted by Gasteiger charge is 2.21. The molecule has 4 nitrogen and oxygen atoms in total. The zero-order valence-electron chi connectivity index (χ0n) is 8.34. The third-order valence-corrected chi connectivity index (χ3v) is 2.19. The maximum absolute atomic E-state index is 12.4. The highest BCUT2D eigenvalue weighted by molar-refractivity contribution is 6.36. The van der Waals surface area contributed by atoms with Crippen molar-refractivity contribution in [1.82, 2.24) is 4.98 Å². The molecular formula is C9H9ClF2N2O2. The Morgan fingerprint density at radius 1 is 1.69 bits per heavy atom. The van der Waals surface area contributed by atoms with E-state index in [0.29, 0.717) is 0 Å². The van der Waals surface area contributed by atoms with E-state index >= 15 is 0 Å². The van der Waals surface area contributed by atoms with Crippen molar-refractivity contribution in [3.63, 3.8) is 0 Å². The van der Waals surface area contributed by atoms with E-state index in [1.807, 2.05) is 0 Å². The molecule has 0 aliphatic rings. The van der Waals surface area contributed by atoms with Gasteiger partial charge in [-0.1, -0.05) is 11.6 Å². The zero-order chi connectivity index (χ0) is 12.3. The van der Waals surface area contributed by atoms with Crippen molar-refractivity contribution in [2.75, 3.05) is 12.3 Å². The molecule has 7 heteroatoms. The van der Waals surface area contributed by atoms with Gasteiger partial charge in [-0.15, -0.1) is 0 Å². The van der Waals surface area contributed by atoms with E-state index in [4.69, 9.17) is 17.3 Å². The van der Waals surface area contributed by atoms with Crippen LogP contribution in [-0.2, 0) is 4.74 Å². The summed E-state index contributed by atoms with van der Waals surface area (Å²) >= 11 is 5.67. The number of ether oxygens (including phenoxy) is 1. The topological polar surface area (TPSA) is 65.2 Å². The molecular weight excluding hydrogens is 242 g/mol. The Kier molecular flexibility index (Phi) is 4.00. The predicted octanol–water partition coefficient (Wildman–Crippen LogP) is 2.43. The van der Waals surface area contributed by atoms with Crippen LogP contribution in [0.25, 0.3) is 0 Å². The van der Waals surface area contributed by atoms with Gasteiger partial charge in [0.05, 0.1) is 22.9 Å².